The van der Waals surface area contributed by atoms with Crippen molar-refractivity contribution in [3.8, 4) is 11.3 Å². The monoisotopic (exact) mass is 324 g/mol. The second kappa shape index (κ2) is 5.52. The van der Waals surface area contributed by atoms with Crippen LogP contribution in [0.2, 0.25) is 0 Å². The van der Waals surface area contributed by atoms with Gasteiger partial charge < -0.3 is 19.9 Å². The minimum atomic E-state index is -1.06. The van der Waals surface area contributed by atoms with Crippen LogP contribution in [-0.4, -0.2) is 37.6 Å². The van der Waals surface area contributed by atoms with Gasteiger partial charge in [0.1, 0.15) is 6.10 Å². The van der Waals surface area contributed by atoms with Gasteiger partial charge in [-0.25, -0.2) is 0 Å². The summed E-state index contributed by atoms with van der Waals surface area (Å²) < 4.78 is 1.44. The van der Waals surface area contributed by atoms with Crippen molar-refractivity contribution in [2.45, 2.75) is 18.8 Å². The Morgan fingerprint density at radius 3 is 2.79 bits per heavy atom. The molecule has 0 spiro atoms. The molecule has 0 saturated heterocycles. The number of aromatic nitrogens is 2. The van der Waals surface area contributed by atoms with E-state index in [1.807, 2.05) is 24.3 Å². The Morgan fingerprint density at radius 1 is 1.21 bits per heavy atom. The lowest BCUT2D eigenvalue weighted by atomic mass is 10.0. The molecule has 1 aliphatic carbocycles. The maximum absolute atomic E-state index is 12.9. The Balaban J connectivity index is 2.13. The van der Waals surface area contributed by atoms with Gasteiger partial charge in [-0.15, -0.1) is 0 Å². The van der Waals surface area contributed by atoms with Gasteiger partial charge >= 0.3 is 0 Å². The van der Waals surface area contributed by atoms with Crippen LogP contribution in [0.4, 0.5) is 0 Å². The number of aliphatic hydroxyl groups is 3. The van der Waals surface area contributed by atoms with Crippen LogP contribution in [0.3, 0.4) is 0 Å². The molecule has 1 aromatic carbocycles. The van der Waals surface area contributed by atoms with Crippen molar-refractivity contribution in [3.05, 3.63) is 64.2 Å². The van der Waals surface area contributed by atoms with Crippen molar-refractivity contribution < 1.29 is 15.3 Å². The molecule has 0 radical (unpaired) electrons. The lowest BCUT2D eigenvalue weighted by Gasteiger charge is -2.18. The fraction of sp³-hybridized carbons (Fsp3) is 0.222. The first-order valence-electron chi connectivity index (χ1n) is 7.70. The van der Waals surface area contributed by atoms with E-state index in [0.717, 1.165) is 11.1 Å². The van der Waals surface area contributed by atoms with Crippen LogP contribution in [0.25, 0.3) is 22.0 Å². The van der Waals surface area contributed by atoms with Crippen molar-refractivity contribution in [1.29, 1.82) is 0 Å². The quantitative estimate of drug-likeness (QED) is 0.663. The maximum atomic E-state index is 12.9. The SMILES string of the molecule is O=c1c2ccncc2c2c(n1C[C@H](O)CO)-c1ccccc1C2O. The average Bonchev–Trinajstić information content (AvgIpc) is 2.92. The molecule has 2 heterocycles. The Labute approximate surface area is 137 Å². The first-order valence-corrected chi connectivity index (χ1v) is 7.70. The van der Waals surface area contributed by atoms with E-state index >= 15 is 0 Å². The number of nitrogens with zero attached hydrogens (tertiary/aromatic N) is 2. The largest absolute Gasteiger partial charge is 0.394 e. The van der Waals surface area contributed by atoms with Gasteiger partial charge in [0, 0.05) is 28.9 Å². The van der Waals surface area contributed by atoms with Gasteiger partial charge in [-0.05, 0) is 11.6 Å². The third kappa shape index (κ3) is 2.01. The molecule has 2 atom stereocenters. The minimum Gasteiger partial charge on any atom is -0.394 e. The number of hydrogen-bond donors (Lipinski definition) is 3. The molecule has 0 saturated carbocycles. The Bertz CT molecular complexity index is 996. The molecule has 3 aromatic rings. The Kier molecular flexibility index (Phi) is 3.45. The topological polar surface area (TPSA) is 95.6 Å². The molecule has 0 aliphatic heterocycles. The van der Waals surface area contributed by atoms with Crippen molar-refractivity contribution >= 4 is 10.8 Å². The summed E-state index contributed by atoms with van der Waals surface area (Å²) in [6.45, 7) is -0.489. The molecule has 1 aliphatic rings. The van der Waals surface area contributed by atoms with Crippen LogP contribution in [0.5, 0.6) is 0 Å². The molecule has 6 heteroatoms. The summed E-state index contributed by atoms with van der Waals surface area (Å²) in [5, 5.41) is 30.9. The van der Waals surface area contributed by atoms with Gasteiger partial charge in [0.25, 0.3) is 5.56 Å². The van der Waals surface area contributed by atoms with Crippen LogP contribution < -0.4 is 5.56 Å². The zero-order valence-corrected chi connectivity index (χ0v) is 12.8. The predicted octanol–water partition coefficient (Wildman–Crippen LogP) is 0.812. The number of rotatable bonds is 3. The molecule has 0 amide bonds. The fourth-order valence-electron chi connectivity index (χ4n) is 3.43. The molecule has 4 rings (SSSR count). The average molecular weight is 324 g/mol. The fourth-order valence-corrected chi connectivity index (χ4v) is 3.43. The highest BCUT2D eigenvalue weighted by Gasteiger charge is 2.32. The molecule has 0 fully saturated rings. The molecule has 24 heavy (non-hydrogen) atoms. The third-order valence-electron chi connectivity index (χ3n) is 4.50. The lowest BCUT2D eigenvalue weighted by molar-refractivity contribution is 0.0808. The smallest absolute Gasteiger partial charge is 0.259 e. The number of hydrogen-bond acceptors (Lipinski definition) is 5. The van der Waals surface area contributed by atoms with Gasteiger partial charge in [-0.3, -0.25) is 9.78 Å². The highest BCUT2D eigenvalue weighted by molar-refractivity contribution is 5.93. The van der Waals surface area contributed by atoms with Gasteiger partial charge in [0.2, 0.25) is 0 Å². The first-order chi connectivity index (χ1) is 11.6. The van der Waals surface area contributed by atoms with E-state index in [1.165, 1.54) is 10.8 Å². The molecular weight excluding hydrogens is 308 g/mol. The van der Waals surface area contributed by atoms with Gasteiger partial charge in [0.15, 0.2) is 0 Å². The Hall–Kier alpha value is -2.54. The van der Waals surface area contributed by atoms with E-state index in [9.17, 15) is 20.1 Å². The molecule has 0 bridgehead atoms. The predicted molar refractivity (Wildman–Crippen MR) is 88.6 cm³/mol. The van der Waals surface area contributed by atoms with Crippen LogP contribution in [0.1, 0.15) is 17.2 Å². The Morgan fingerprint density at radius 2 is 2.00 bits per heavy atom. The van der Waals surface area contributed by atoms with Crippen molar-refractivity contribution in [3.63, 3.8) is 0 Å². The summed E-state index contributed by atoms with van der Waals surface area (Å²) in [6.07, 6.45) is 1.19. The lowest BCUT2D eigenvalue weighted by Crippen LogP contribution is -2.30. The second-order valence-corrected chi connectivity index (χ2v) is 5.93. The number of benzene rings is 1. The summed E-state index contributed by atoms with van der Waals surface area (Å²) in [5.74, 6) is 0. The van der Waals surface area contributed by atoms with Crippen LogP contribution in [0.15, 0.2) is 47.5 Å². The van der Waals surface area contributed by atoms with Crippen LogP contribution in [-0.2, 0) is 6.54 Å². The maximum Gasteiger partial charge on any atom is 0.259 e. The van der Waals surface area contributed by atoms with Gasteiger partial charge in [0.05, 0.1) is 30.3 Å². The highest BCUT2D eigenvalue weighted by atomic mass is 16.3. The molecule has 6 nitrogen and oxygen atoms in total. The highest BCUT2D eigenvalue weighted by Crippen LogP contribution is 2.45. The van der Waals surface area contributed by atoms with E-state index < -0.39 is 18.8 Å². The normalized spacial score (nSPS) is 16.9. The number of pyridine rings is 2. The minimum absolute atomic E-state index is 0.0447. The van der Waals surface area contributed by atoms with E-state index in [0.29, 0.717) is 22.0 Å². The molecular formula is C18H16N2O4. The van der Waals surface area contributed by atoms with Gasteiger partial charge in [-0.1, -0.05) is 24.3 Å². The van der Waals surface area contributed by atoms with Crippen molar-refractivity contribution in [2.75, 3.05) is 6.61 Å². The number of aliphatic hydroxyl groups excluding tert-OH is 3. The van der Waals surface area contributed by atoms with E-state index in [1.54, 1.807) is 12.3 Å². The zero-order chi connectivity index (χ0) is 16.8. The summed E-state index contributed by atoms with van der Waals surface area (Å²) >= 11 is 0. The number of fused-ring (bicyclic) bond motifs is 5. The second-order valence-electron chi connectivity index (χ2n) is 5.93. The summed E-state index contributed by atoms with van der Waals surface area (Å²) in [6, 6.07) is 8.94. The van der Waals surface area contributed by atoms with E-state index in [-0.39, 0.29) is 12.1 Å². The zero-order valence-electron chi connectivity index (χ0n) is 12.8. The standard InChI is InChI=1S/C18H16N2O4/c21-9-10(22)8-20-16-11-3-1-2-4-12(11)17(23)15(16)14-7-19-6-5-13(14)18(20)24/h1-7,10,17,21-23H,8-9H2/t10-,17?/m0/s1. The first kappa shape index (κ1) is 15.0. The molecule has 1 unspecified atom stereocenters. The summed E-state index contributed by atoms with van der Waals surface area (Å²) in [7, 11) is 0. The van der Waals surface area contributed by atoms with Gasteiger partial charge in [-0.2, -0.15) is 0 Å². The summed E-state index contributed by atoms with van der Waals surface area (Å²) in [4.78, 5) is 17.0. The molecule has 122 valence electrons. The molecule has 3 N–H and O–H groups in total. The van der Waals surface area contributed by atoms with E-state index in [4.69, 9.17) is 0 Å². The van der Waals surface area contributed by atoms with Crippen molar-refractivity contribution in [2.24, 2.45) is 0 Å². The van der Waals surface area contributed by atoms with E-state index in [2.05, 4.69) is 4.98 Å². The van der Waals surface area contributed by atoms with Crippen LogP contribution in [0, 0.1) is 0 Å². The summed E-state index contributed by atoms with van der Waals surface area (Å²) in [5.41, 5.74) is 2.39. The molecule has 2 aromatic heterocycles. The van der Waals surface area contributed by atoms with Crippen molar-refractivity contribution in [1.82, 2.24) is 9.55 Å². The van der Waals surface area contributed by atoms with Crippen LogP contribution >= 0.6 is 0 Å². The third-order valence-corrected chi connectivity index (χ3v) is 4.50.